The average Bonchev–Trinajstić information content (AvgIpc) is 2.68. The second kappa shape index (κ2) is 6.43. The van der Waals surface area contributed by atoms with Gasteiger partial charge in [-0.05, 0) is 115 Å². The quantitative estimate of drug-likeness (QED) is 0.386. The zero-order valence-corrected chi connectivity index (χ0v) is 22.0. The van der Waals surface area contributed by atoms with Crippen molar-refractivity contribution in [2.24, 2.45) is 44.3 Å². The fourth-order valence-corrected chi connectivity index (χ4v) is 10.4. The van der Waals surface area contributed by atoms with Gasteiger partial charge in [0.15, 0.2) is 0 Å². The van der Waals surface area contributed by atoms with Crippen LogP contribution in [0.25, 0.3) is 0 Å². The molecule has 176 valence electrons. The van der Waals surface area contributed by atoms with Gasteiger partial charge in [-0.3, -0.25) is 0 Å². The third-order valence-electron chi connectivity index (χ3n) is 13.0. The minimum absolute atomic E-state index is 0.0473. The van der Waals surface area contributed by atoms with Crippen LogP contribution in [0, 0.1) is 44.3 Å². The average molecular weight is 427 g/mol. The molecular formula is C30H50O. The molecule has 0 radical (unpaired) electrons. The monoisotopic (exact) mass is 426 g/mol. The Labute approximate surface area is 192 Å². The Balaban J connectivity index is 1.59. The zero-order valence-electron chi connectivity index (χ0n) is 22.0. The highest BCUT2D eigenvalue weighted by Gasteiger charge is 2.65. The van der Waals surface area contributed by atoms with E-state index in [4.69, 9.17) is 0 Å². The summed E-state index contributed by atoms with van der Waals surface area (Å²) < 4.78 is 0. The normalized spacial score (nSPS) is 53.1. The van der Waals surface area contributed by atoms with E-state index in [-0.39, 0.29) is 11.5 Å². The van der Waals surface area contributed by atoms with Crippen molar-refractivity contribution in [2.45, 2.75) is 132 Å². The summed E-state index contributed by atoms with van der Waals surface area (Å²) in [6.45, 7) is 20.5. The molecule has 0 unspecified atom stereocenters. The van der Waals surface area contributed by atoms with Crippen LogP contribution in [-0.4, -0.2) is 11.2 Å². The lowest BCUT2D eigenvalue weighted by Crippen LogP contribution is -2.61. The number of hydrogen-bond donors (Lipinski definition) is 1. The van der Waals surface area contributed by atoms with Crippen LogP contribution in [0.3, 0.4) is 0 Å². The van der Waals surface area contributed by atoms with E-state index < -0.39 is 0 Å². The van der Waals surface area contributed by atoms with Gasteiger partial charge in [-0.1, -0.05) is 66.5 Å². The molecule has 0 saturated heterocycles. The van der Waals surface area contributed by atoms with E-state index >= 15 is 0 Å². The predicted molar refractivity (Wildman–Crippen MR) is 131 cm³/mol. The lowest BCUT2D eigenvalue weighted by molar-refractivity contribution is -0.154. The molecule has 3 saturated carbocycles. The molecule has 0 aliphatic heterocycles. The third-order valence-corrected chi connectivity index (χ3v) is 13.0. The van der Waals surface area contributed by atoms with Crippen molar-refractivity contribution in [2.75, 3.05) is 0 Å². The van der Waals surface area contributed by atoms with Gasteiger partial charge < -0.3 is 5.11 Å². The van der Waals surface area contributed by atoms with E-state index in [1.165, 1.54) is 64.2 Å². The molecule has 5 rings (SSSR count). The van der Waals surface area contributed by atoms with Gasteiger partial charge in [0.05, 0.1) is 6.10 Å². The highest BCUT2D eigenvalue weighted by molar-refractivity contribution is 5.38. The number of aliphatic hydroxyl groups is 1. The number of allylic oxidation sites excluding steroid dienone is 2. The third kappa shape index (κ3) is 2.77. The van der Waals surface area contributed by atoms with Gasteiger partial charge >= 0.3 is 0 Å². The summed E-state index contributed by atoms with van der Waals surface area (Å²) in [5.41, 5.74) is 6.02. The van der Waals surface area contributed by atoms with E-state index in [9.17, 15) is 5.11 Å². The van der Waals surface area contributed by atoms with Gasteiger partial charge in [-0.15, -0.1) is 0 Å². The molecule has 1 N–H and O–H groups in total. The highest BCUT2D eigenvalue weighted by Crippen LogP contribution is 2.75. The molecule has 0 aromatic carbocycles. The Morgan fingerprint density at radius 3 is 2.06 bits per heavy atom. The van der Waals surface area contributed by atoms with Gasteiger partial charge in [0.2, 0.25) is 0 Å². The molecule has 5 aliphatic carbocycles. The maximum Gasteiger partial charge on any atom is 0.0594 e. The fraction of sp³-hybridized carbons (Fsp3) is 0.933. The summed E-state index contributed by atoms with van der Waals surface area (Å²) in [5.74, 6) is 1.50. The van der Waals surface area contributed by atoms with Gasteiger partial charge in [0.25, 0.3) is 0 Å². The van der Waals surface area contributed by atoms with E-state index in [1.54, 1.807) is 0 Å². The standard InChI is InChI=1S/C30H50O/c1-25(2)15-16-27(5)17-18-29(7)21-9-10-22-26(3,4)24(31)12-13-28(22,6)20(21)11-14-30(29,8)23(27)19-25/h22-24,31H,9-19H2,1-8H3/t22-,23+,24+,27+,28+,29-,30+/m1/s1. The molecule has 0 amide bonds. The molecule has 0 heterocycles. The van der Waals surface area contributed by atoms with Gasteiger partial charge in [0, 0.05) is 0 Å². The maximum atomic E-state index is 10.9. The first-order chi connectivity index (χ1) is 14.2. The summed E-state index contributed by atoms with van der Waals surface area (Å²) in [5, 5.41) is 10.9. The molecule has 1 heteroatoms. The molecule has 0 aromatic heterocycles. The maximum absolute atomic E-state index is 10.9. The summed E-state index contributed by atoms with van der Waals surface area (Å²) in [4.78, 5) is 0. The van der Waals surface area contributed by atoms with Crippen LogP contribution in [0.4, 0.5) is 0 Å². The van der Waals surface area contributed by atoms with E-state index in [1.807, 2.05) is 11.1 Å². The van der Waals surface area contributed by atoms with Crippen molar-refractivity contribution in [1.29, 1.82) is 0 Å². The van der Waals surface area contributed by atoms with Crippen molar-refractivity contribution in [3.63, 3.8) is 0 Å². The summed E-state index contributed by atoms with van der Waals surface area (Å²) in [6.07, 6.45) is 14.5. The molecular weight excluding hydrogens is 376 g/mol. The largest absolute Gasteiger partial charge is 0.393 e. The molecule has 3 fully saturated rings. The molecule has 31 heavy (non-hydrogen) atoms. The van der Waals surface area contributed by atoms with E-state index in [0.717, 1.165) is 12.3 Å². The topological polar surface area (TPSA) is 20.2 Å². The number of fused-ring (bicyclic) bond motifs is 6. The SMILES string of the molecule is CC1(C)CC[C@@]2(C)CC[C@]3(C)C4=C(CC[C@@]3(C)[C@H]2C1)[C@]1(C)CC[C@H](O)C(C)(C)[C@H]1CC4. The number of aliphatic hydroxyl groups excluding tert-OH is 1. The van der Waals surface area contributed by atoms with Crippen LogP contribution in [0.1, 0.15) is 126 Å². The first-order valence-corrected chi connectivity index (χ1v) is 13.6. The Morgan fingerprint density at radius 2 is 1.35 bits per heavy atom. The first kappa shape index (κ1) is 22.5. The van der Waals surface area contributed by atoms with E-state index in [2.05, 4.69) is 55.4 Å². The Hall–Kier alpha value is -0.300. The lowest BCUT2D eigenvalue weighted by Gasteiger charge is -2.69. The van der Waals surface area contributed by atoms with E-state index in [0.29, 0.717) is 33.0 Å². The van der Waals surface area contributed by atoms with Crippen LogP contribution in [0.15, 0.2) is 11.1 Å². The molecule has 7 atom stereocenters. The predicted octanol–water partition coefficient (Wildman–Crippen LogP) is 8.31. The first-order valence-electron chi connectivity index (χ1n) is 13.6. The molecule has 0 spiro atoms. The van der Waals surface area contributed by atoms with Gasteiger partial charge in [-0.25, -0.2) is 0 Å². The lowest BCUT2D eigenvalue weighted by atomic mass is 9.35. The summed E-state index contributed by atoms with van der Waals surface area (Å²) >= 11 is 0. The van der Waals surface area contributed by atoms with Gasteiger partial charge in [-0.2, -0.15) is 0 Å². The van der Waals surface area contributed by atoms with Crippen LogP contribution in [-0.2, 0) is 0 Å². The molecule has 5 aliphatic rings. The van der Waals surface area contributed by atoms with Crippen LogP contribution in [0.2, 0.25) is 0 Å². The Morgan fingerprint density at radius 1 is 0.677 bits per heavy atom. The zero-order chi connectivity index (χ0) is 22.7. The molecule has 0 bridgehead atoms. The summed E-state index contributed by atoms with van der Waals surface area (Å²) in [6, 6.07) is 0. The molecule has 1 nitrogen and oxygen atoms in total. The molecule has 0 aromatic rings. The highest BCUT2D eigenvalue weighted by atomic mass is 16.3. The van der Waals surface area contributed by atoms with Crippen molar-refractivity contribution in [3.8, 4) is 0 Å². The smallest absolute Gasteiger partial charge is 0.0594 e. The van der Waals surface area contributed by atoms with Crippen molar-refractivity contribution >= 4 is 0 Å². The van der Waals surface area contributed by atoms with Crippen LogP contribution in [0.5, 0.6) is 0 Å². The van der Waals surface area contributed by atoms with Crippen molar-refractivity contribution in [3.05, 3.63) is 11.1 Å². The van der Waals surface area contributed by atoms with Crippen LogP contribution < -0.4 is 0 Å². The minimum Gasteiger partial charge on any atom is -0.393 e. The number of hydrogen-bond acceptors (Lipinski definition) is 1. The summed E-state index contributed by atoms with van der Waals surface area (Å²) in [7, 11) is 0. The number of rotatable bonds is 0. The second-order valence-electron chi connectivity index (χ2n) is 15.2. The second-order valence-corrected chi connectivity index (χ2v) is 15.2. The van der Waals surface area contributed by atoms with Crippen molar-refractivity contribution in [1.82, 2.24) is 0 Å². The van der Waals surface area contributed by atoms with Crippen molar-refractivity contribution < 1.29 is 5.11 Å². The Kier molecular flexibility index (Phi) is 4.66. The minimum atomic E-state index is -0.128. The van der Waals surface area contributed by atoms with Gasteiger partial charge in [0.1, 0.15) is 0 Å². The Bertz CT molecular complexity index is 803. The fourth-order valence-electron chi connectivity index (χ4n) is 10.4. The van der Waals surface area contributed by atoms with Crippen LogP contribution >= 0.6 is 0 Å².